The van der Waals surface area contributed by atoms with E-state index in [0.717, 1.165) is 23.3 Å². The summed E-state index contributed by atoms with van der Waals surface area (Å²) in [5.74, 6) is 0.510. The highest BCUT2D eigenvalue weighted by Gasteiger charge is 2.25. The molecule has 0 heterocycles. The second kappa shape index (κ2) is 12.7. The van der Waals surface area contributed by atoms with Gasteiger partial charge in [0.2, 0.25) is 11.8 Å². The van der Waals surface area contributed by atoms with Crippen molar-refractivity contribution in [2.75, 3.05) is 12.3 Å². The molecule has 0 aromatic heterocycles. The standard InChI is InChI=1S/C24H31ClN2O2S/c1-4-5-14-26-24(29)19(3)27(17-20-7-6-8-21(25)16-20)23(28)13-15-30-22-11-9-18(2)10-12-22/h6-12,16,19H,4-5,13-15,17H2,1-3H3,(H,26,29). The van der Waals surface area contributed by atoms with Crippen LogP contribution in [0.2, 0.25) is 5.02 Å². The third kappa shape index (κ3) is 8.04. The summed E-state index contributed by atoms with van der Waals surface area (Å²) in [4.78, 5) is 28.5. The van der Waals surface area contributed by atoms with Gasteiger partial charge < -0.3 is 10.2 Å². The number of hydrogen-bond donors (Lipinski definition) is 1. The number of amides is 2. The molecule has 0 fully saturated rings. The van der Waals surface area contributed by atoms with Gasteiger partial charge in [-0.2, -0.15) is 0 Å². The molecule has 2 amide bonds. The number of hydrogen-bond acceptors (Lipinski definition) is 3. The Hall–Kier alpha value is -1.98. The highest BCUT2D eigenvalue weighted by Crippen LogP contribution is 2.21. The molecule has 0 aliphatic rings. The maximum atomic E-state index is 13.1. The molecule has 1 atom stereocenters. The number of unbranched alkanes of at least 4 members (excludes halogenated alkanes) is 1. The monoisotopic (exact) mass is 446 g/mol. The smallest absolute Gasteiger partial charge is 0.242 e. The van der Waals surface area contributed by atoms with Crippen LogP contribution in [0.1, 0.15) is 44.2 Å². The molecule has 30 heavy (non-hydrogen) atoms. The first kappa shape index (κ1) is 24.3. The Morgan fingerprint density at radius 2 is 1.90 bits per heavy atom. The molecule has 6 heteroatoms. The average molecular weight is 447 g/mol. The van der Waals surface area contributed by atoms with Crippen LogP contribution in [0.3, 0.4) is 0 Å². The lowest BCUT2D eigenvalue weighted by molar-refractivity contribution is -0.140. The molecule has 4 nitrogen and oxygen atoms in total. The van der Waals surface area contributed by atoms with E-state index in [1.165, 1.54) is 5.56 Å². The minimum atomic E-state index is -0.544. The Bertz CT molecular complexity index is 826. The maximum Gasteiger partial charge on any atom is 0.242 e. The molecule has 0 spiro atoms. The predicted octanol–water partition coefficient (Wildman–Crippen LogP) is 5.46. The van der Waals surface area contributed by atoms with Gasteiger partial charge in [-0.25, -0.2) is 0 Å². The molecule has 0 aliphatic heterocycles. The number of nitrogens with zero attached hydrogens (tertiary/aromatic N) is 1. The molecule has 1 N–H and O–H groups in total. The van der Waals surface area contributed by atoms with Crippen molar-refractivity contribution in [3.8, 4) is 0 Å². The number of carbonyl (C=O) groups excluding carboxylic acids is 2. The fraction of sp³-hybridized carbons (Fsp3) is 0.417. The van der Waals surface area contributed by atoms with Crippen molar-refractivity contribution in [2.24, 2.45) is 0 Å². The summed E-state index contributed by atoms with van der Waals surface area (Å²) in [5, 5.41) is 3.56. The fourth-order valence-electron chi connectivity index (χ4n) is 2.99. The third-order valence-electron chi connectivity index (χ3n) is 4.84. The Morgan fingerprint density at radius 3 is 2.57 bits per heavy atom. The largest absolute Gasteiger partial charge is 0.354 e. The Balaban J connectivity index is 2.03. The van der Waals surface area contributed by atoms with Crippen LogP contribution in [-0.4, -0.2) is 35.1 Å². The van der Waals surface area contributed by atoms with Gasteiger partial charge in [0, 0.05) is 35.2 Å². The minimum absolute atomic E-state index is 0.0345. The molecular weight excluding hydrogens is 416 g/mol. The van der Waals surface area contributed by atoms with Crippen molar-refractivity contribution in [3.63, 3.8) is 0 Å². The van der Waals surface area contributed by atoms with Gasteiger partial charge in [0.1, 0.15) is 6.04 Å². The zero-order chi connectivity index (χ0) is 21.9. The van der Waals surface area contributed by atoms with E-state index in [1.54, 1.807) is 29.7 Å². The molecule has 2 aromatic rings. The molecule has 2 aromatic carbocycles. The SMILES string of the molecule is CCCCNC(=O)C(C)N(Cc1cccc(Cl)c1)C(=O)CCSc1ccc(C)cc1. The highest BCUT2D eigenvalue weighted by molar-refractivity contribution is 7.99. The minimum Gasteiger partial charge on any atom is -0.354 e. The molecular formula is C24H31ClN2O2S. The van der Waals surface area contributed by atoms with Crippen molar-refractivity contribution in [3.05, 3.63) is 64.7 Å². The third-order valence-corrected chi connectivity index (χ3v) is 6.09. The second-order valence-electron chi connectivity index (χ2n) is 7.38. The van der Waals surface area contributed by atoms with E-state index in [0.29, 0.717) is 30.3 Å². The predicted molar refractivity (Wildman–Crippen MR) is 126 cm³/mol. The van der Waals surface area contributed by atoms with Crippen LogP contribution in [0.25, 0.3) is 0 Å². The van der Waals surface area contributed by atoms with Gasteiger partial charge in [-0.1, -0.05) is 54.8 Å². The summed E-state index contributed by atoms with van der Waals surface area (Å²) in [6, 6.07) is 15.2. The van der Waals surface area contributed by atoms with Crippen LogP contribution < -0.4 is 5.32 Å². The molecule has 0 saturated heterocycles. The lowest BCUT2D eigenvalue weighted by Crippen LogP contribution is -2.47. The van der Waals surface area contributed by atoms with Crippen LogP contribution in [0.4, 0.5) is 0 Å². The van der Waals surface area contributed by atoms with E-state index < -0.39 is 6.04 Å². The molecule has 2 rings (SSSR count). The number of carbonyl (C=O) groups is 2. The molecule has 0 bridgehead atoms. The zero-order valence-electron chi connectivity index (χ0n) is 18.0. The van der Waals surface area contributed by atoms with Crippen LogP contribution >= 0.6 is 23.4 Å². The lowest BCUT2D eigenvalue weighted by Gasteiger charge is -2.29. The quantitative estimate of drug-likeness (QED) is 0.368. The first-order chi connectivity index (χ1) is 14.4. The molecule has 162 valence electrons. The van der Waals surface area contributed by atoms with Gasteiger partial charge in [-0.3, -0.25) is 9.59 Å². The van der Waals surface area contributed by atoms with Gasteiger partial charge in [0.25, 0.3) is 0 Å². The second-order valence-corrected chi connectivity index (χ2v) is 8.99. The van der Waals surface area contributed by atoms with E-state index in [2.05, 4.69) is 43.4 Å². The van der Waals surface area contributed by atoms with Crippen LogP contribution in [0, 0.1) is 6.92 Å². The van der Waals surface area contributed by atoms with E-state index in [1.807, 2.05) is 18.2 Å². The van der Waals surface area contributed by atoms with Gasteiger partial charge in [0.05, 0.1) is 0 Å². The van der Waals surface area contributed by atoms with E-state index in [9.17, 15) is 9.59 Å². The molecule has 1 unspecified atom stereocenters. The molecule has 0 aliphatic carbocycles. The van der Waals surface area contributed by atoms with E-state index in [-0.39, 0.29) is 11.8 Å². The van der Waals surface area contributed by atoms with Crippen LogP contribution in [0.5, 0.6) is 0 Å². The number of nitrogens with one attached hydrogen (secondary N) is 1. The number of thioether (sulfide) groups is 1. The number of rotatable bonds is 11. The van der Waals surface area contributed by atoms with Crippen molar-refractivity contribution in [1.29, 1.82) is 0 Å². The average Bonchev–Trinajstić information content (AvgIpc) is 2.73. The first-order valence-electron chi connectivity index (χ1n) is 10.4. The van der Waals surface area contributed by atoms with Crippen molar-refractivity contribution in [1.82, 2.24) is 10.2 Å². The van der Waals surface area contributed by atoms with Crippen LogP contribution in [0.15, 0.2) is 53.4 Å². The zero-order valence-corrected chi connectivity index (χ0v) is 19.6. The fourth-order valence-corrected chi connectivity index (χ4v) is 4.04. The summed E-state index contributed by atoms with van der Waals surface area (Å²) < 4.78 is 0. The summed E-state index contributed by atoms with van der Waals surface area (Å²) in [6.45, 7) is 6.91. The van der Waals surface area contributed by atoms with Gasteiger partial charge in [-0.05, 0) is 50.1 Å². The van der Waals surface area contributed by atoms with Gasteiger partial charge in [-0.15, -0.1) is 11.8 Å². The molecule has 0 radical (unpaired) electrons. The number of aryl methyl sites for hydroxylation is 1. The van der Waals surface area contributed by atoms with Crippen molar-refractivity contribution < 1.29 is 9.59 Å². The van der Waals surface area contributed by atoms with Crippen LogP contribution in [-0.2, 0) is 16.1 Å². The van der Waals surface area contributed by atoms with Gasteiger partial charge >= 0.3 is 0 Å². The maximum absolute atomic E-state index is 13.1. The van der Waals surface area contributed by atoms with Crippen molar-refractivity contribution in [2.45, 2.75) is 57.5 Å². The Labute approximate surface area is 189 Å². The van der Waals surface area contributed by atoms with E-state index >= 15 is 0 Å². The first-order valence-corrected chi connectivity index (χ1v) is 11.8. The summed E-state index contributed by atoms with van der Waals surface area (Å²) in [5.41, 5.74) is 2.13. The van der Waals surface area contributed by atoms with Crippen molar-refractivity contribution >= 4 is 35.2 Å². The van der Waals surface area contributed by atoms with Gasteiger partial charge in [0.15, 0.2) is 0 Å². The topological polar surface area (TPSA) is 49.4 Å². The lowest BCUT2D eigenvalue weighted by atomic mass is 10.1. The highest BCUT2D eigenvalue weighted by atomic mass is 35.5. The number of benzene rings is 2. The summed E-state index contributed by atoms with van der Waals surface area (Å²) in [7, 11) is 0. The summed E-state index contributed by atoms with van der Waals surface area (Å²) in [6.07, 6.45) is 2.30. The number of halogens is 1. The van der Waals surface area contributed by atoms with E-state index in [4.69, 9.17) is 11.6 Å². The molecule has 0 saturated carbocycles. The Kier molecular flexibility index (Phi) is 10.2. The summed E-state index contributed by atoms with van der Waals surface area (Å²) >= 11 is 7.76. The Morgan fingerprint density at radius 1 is 1.17 bits per heavy atom. The normalized spacial score (nSPS) is 11.7.